The lowest BCUT2D eigenvalue weighted by molar-refractivity contribution is -0.120. The molecule has 3 rings (SSSR count). The van der Waals surface area contributed by atoms with Gasteiger partial charge < -0.3 is 5.32 Å². The average Bonchev–Trinajstić information content (AvgIpc) is 3.25. The summed E-state index contributed by atoms with van der Waals surface area (Å²) in [6.07, 6.45) is 1.42. The van der Waals surface area contributed by atoms with E-state index >= 15 is 0 Å². The van der Waals surface area contributed by atoms with Crippen molar-refractivity contribution < 1.29 is 4.79 Å². The molecule has 0 aliphatic carbocycles. The number of thiophene rings is 1. The van der Waals surface area contributed by atoms with Gasteiger partial charge in [-0.15, -0.1) is 22.7 Å². The van der Waals surface area contributed by atoms with Crippen LogP contribution in [0.25, 0.3) is 10.6 Å². The van der Waals surface area contributed by atoms with E-state index in [1.54, 1.807) is 22.7 Å². The maximum absolute atomic E-state index is 11.9. The van der Waals surface area contributed by atoms with Crippen LogP contribution in [0.4, 0.5) is 0 Å². The SMILES string of the molecule is CCc1csc(-c2ccc(CNC(=O)Cc3cccs3)cc2)n1. The molecule has 0 aliphatic rings. The monoisotopic (exact) mass is 342 g/mol. The molecule has 0 bridgehead atoms. The van der Waals surface area contributed by atoms with Crippen LogP contribution in [-0.2, 0) is 24.2 Å². The number of nitrogens with one attached hydrogen (secondary N) is 1. The highest BCUT2D eigenvalue weighted by Crippen LogP contribution is 2.24. The first kappa shape index (κ1) is 15.9. The highest BCUT2D eigenvalue weighted by Gasteiger charge is 2.06. The van der Waals surface area contributed by atoms with Crippen LogP contribution in [0, 0.1) is 0 Å². The van der Waals surface area contributed by atoms with Gasteiger partial charge in [-0.3, -0.25) is 4.79 Å². The summed E-state index contributed by atoms with van der Waals surface area (Å²) in [4.78, 5) is 17.6. The van der Waals surface area contributed by atoms with Crippen molar-refractivity contribution >= 4 is 28.6 Å². The second-order valence-electron chi connectivity index (χ2n) is 5.23. The number of nitrogens with zero attached hydrogens (tertiary/aromatic N) is 1. The Labute approximate surface area is 144 Å². The minimum atomic E-state index is 0.0593. The van der Waals surface area contributed by atoms with Crippen molar-refractivity contribution in [2.45, 2.75) is 26.3 Å². The summed E-state index contributed by atoms with van der Waals surface area (Å²) < 4.78 is 0. The van der Waals surface area contributed by atoms with E-state index in [9.17, 15) is 4.79 Å². The number of aryl methyl sites for hydroxylation is 1. The molecule has 0 aliphatic heterocycles. The molecule has 0 atom stereocenters. The summed E-state index contributed by atoms with van der Waals surface area (Å²) in [7, 11) is 0. The Morgan fingerprint density at radius 2 is 2.00 bits per heavy atom. The molecule has 23 heavy (non-hydrogen) atoms. The fraction of sp³-hybridized carbons (Fsp3) is 0.222. The summed E-state index contributed by atoms with van der Waals surface area (Å²) in [5.74, 6) is 0.0593. The Bertz CT molecular complexity index is 761. The predicted molar refractivity (Wildman–Crippen MR) is 96.8 cm³/mol. The highest BCUT2D eigenvalue weighted by atomic mass is 32.1. The first-order valence-corrected chi connectivity index (χ1v) is 9.33. The molecule has 0 saturated carbocycles. The van der Waals surface area contributed by atoms with Gasteiger partial charge in [0.1, 0.15) is 5.01 Å². The molecule has 0 spiro atoms. The summed E-state index contributed by atoms with van der Waals surface area (Å²) in [6, 6.07) is 12.2. The number of hydrogen-bond acceptors (Lipinski definition) is 4. The van der Waals surface area contributed by atoms with Crippen molar-refractivity contribution in [3.8, 4) is 10.6 Å². The summed E-state index contributed by atoms with van der Waals surface area (Å²) in [5.41, 5.74) is 3.36. The quantitative estimate of drug-likeness (QED) is 0.726. The zero-order valence-corrected chi connectivity index (χ0v) is 14.5. The molecular formula is C18H18N2OS2. The van der Waals surface area contributed by atoms with Gasteiger partial charge in [0.25, 0.3) is 0 Å². The van der Waals surface area contributed by atoms with E-state index in [0.29, 0.717) is 13.0 Å². The van der Waals surface area contributed by atoms with Crippen LogP contribution in [0.1, 0.15) is 23.1 Å². The zero-order chi connectivity index (χ0) is 16.1. The Balaban J connectivity index is 1.56. The van der Waals surface area contributed by atoms with Crippen molar-refractivity contribution in [1.29, 1.82) is 0 Å². The van der Waals surface area contributed by atoms with Crippen molar-refractivity contribution in [3.63, 3.8) is 0 Å². The van der Waals surface area contributed by atoms with Crippen LogP contribution in [0.2, 0.25) is 0 Å². The van der Waals surface area contributed by atoms with Crippen molar-refractivity contribution in [3.05, 3.63) is 63.3 Å². The zero-order valence-electron chi connectivity index (χ0n) is 12.9. The smallest absolute Gasteiger partial charge is 0.225 e. The fourth-order valence-electron chi connectivity index (χ4n) is 2.20. The Hall–Kier alpha value is -1.98. The van der Waals surface area contributed by atoms with Crippen LogP contribution < -0.4 is 5.32 Å². The third kappa shape index (κ3) is 4.27. The predicted octanol–water partition coefficient (Wildman–Crippen LogP) is 4.29. The Morgan fingerprint density at radius 3 is 2.65 bits per heavy atom. The number of carbonyl (C=O) groups is 1. The number of amides is 1. The van der Waals surface area contributed by atoms with Gasteiger partial charge in [-0.1, -0.05) is 37.3 Å². The average molecular weight is 342 g/mol. The molecule has 1 aromatic carbocycles. The normalized spacial score (nSPS) is 10.7. The van der Waals surface area contributed by atoms with Gasteiger partial charge in [-0.25, -0.2) is 4.98 Å². The molecule has 0 saturated heterocycles. The van der Waals surface area contributed by atoms with Crippen LogP contribution >= 0.6 is 22.7 Å². The van der Waals surface area contributed by atoms with E-state index < -0.39 is 0 Å². The fourth-order valence-corrected chi connectivity index (χ4v) is 3.81. The van der Waals surface area contributed by atoms with E-state index in [2.05, 4.69) is 34.7 Å². The number of carbonyl (C=O) groups excluding carboxylic acids is 1. The number of aromatic nitrogens is 1. The van der Waals surface area contributed by atoms with Gasteiger partial charge in [0, 0.05) is 22.4 Å². The minimum Gasteiger partial charge on any atom is -0.352 e. The molecule has 118 valence electrons. The topological polar surface area (TPSA) is 42.0 Å². The first-order valence-electron chi connectivity index (χ1n) is 7.57. The van der Waals surface area contributed by atoms with E-state index in [-0.39, 0.29) is 5.91 Å². The highest BCUT2D eigenvalue weighted by molar-refractivity contribution is 7.13. The van der Waals surface area contributed by atoms with Crippen LogP contribution in [0.5, 0.6) is 0 Å². The molecule has 0 unspecified atom stereocenters. The van der Waals surface area contributed by atoms with Gasteiger partial charge in [-0.2, -0.15) is 0 Å². The third-order valence-electron chi connectivity index (χ3n) is 3.52. The minimum absolute atomic E-state index is 0.0593. The lowest BCUT2D eigenvalue weighted by Gasteiger charge is -2.05. The van der Waals surface area contributed by atoms with Crippen molar-refractivity contribution in [2.24, 2.45) is 0 Å². The van der Waals surface area contributed by atoms with Crippen molar-refractivity contribution in [1.82, 2.24) is 10.3 Å². The van der Waals surface area contributed by atoms with E-state index in [1.165, 1.54) is 0 Å². The number of rotatable bonds is 6. The van der Waals surface area contributed by atoms with Gasteiger partial charge in [0.05, 0.1) is 12.1 Å². The lowest BCUT2D eigenvalue weighted by Crippen LogP contribution is -2.24. The van der Waals surface area contributed by atoms with Crippen LogP contribution in [0.15, 0.2) is 47.2 Å². The Kier molecular flexibility index (Phi) is 5.20. The number of thiazole rings is 1. The van der Waals surface area contributed by atoms with E-state index in [1.807, 2.05) is 29.6 Å². The largest absolute Gasteiger partial charge is 0.352 e. The summed E-state index contributed by atoms with van der Waals surface area (Å²) in [5, 5.41) is 8.11. The molecule has 3 aromatic rings. The molecule has 3 nitrogen and oxygen atoms in total. The first-order chi connectivity index (χ1) is 11.2. The number of benzene rings is 1. The Morgan fingerprint density at radius 1 is 1.17 bits per heavy atom. The maximum Gasteiger partial charge on any atom is 0.225 e. The summed E-state index contributed by atoms with van der Waals surface area (Å²) >= 11 is 3.28. The number of hydrogen-bond donors (Lipinski definition) is 1. The standard InChI is InChI=1S/C18H18N2OS2/c1-2-15-12-23-18(20-15)14-7-5-13(6-8-14)11-19-17(21)10-16-4-3-9-22-16/h3-9,12H,2,10-11H2,1H3,(H,19,21). The van der Waals surface area contributed by atoms with E-state index in [4.69, 9.17) is 0 Å². The van der Waals surface area contributed by atoms with Gasteiger partial charge in [0.15, 0.2) is 0 Å². The lowest BCUT2D eigenvalue weighted by atomic mass is 10.1. The molecular weight excluding hydrogens is 324 g/mol. The third-order valence-corrected chi connectivity index (χ3v) is 5.34. The van der Waals surface area contributed by atoms with Crippen LogP contribution in [-0.4, -0.2) is 10.9 Å². The molecule has 2 heterocycles. The molecule has 1 N–H and O–H groups in total. The van der Waals surface area contributed by atoms with Crippen molar-refractivity contribution in [2.75, 3.05) is 0 Å². The van der Waals surface area contributed by atoms with Gasteiger partial charge >= 0.3 is 0 Å². The maximum atomic E-state index is 11.9. The van der Waals surface area contributed by atoms with Gasteiger partial charge in [-0.05, 0) is 23.4 Å². The molecule has 5 heteroatoms. The second-order valence-corrected chi connectivity index (χ2v) is 7.12. The van der Waals surface area contributed by atoms with Crippen LogP contribution in [0.3, 0.4) is 0 Å². The van der Waals surface area contributed by atoms with Gasteiger partial charge in [0.2, 0.25) is 5.91 Å². The molecule has 2 aromatic heterocycles. The molecule has 0 fully saturated rings. The second kappa shape index (κ2) is 7.53. The molecule has 1 amide bonds. The molecule has 0 radical (unpaired) electrons. The summed E-state index contributed by atoms with van der Waals surface area (Å²) in [6.45, 7) is 2.67. The van der Waals surface area contributed by atoms with E-state index in [0.717, 1.165) is 33.1 Å².